The van der Waals surface area contributed by atoms with Crippen molar-refractivity contribution in [3.63, 3.8) is 0 Å². The smallest absolute Gasteiger partial charge is 0.425 e. The van der Waals surface area contributed by atoms with Crippen LogP contribution in [-0.4, -0.2) is 41.5 Å². The molecule has 0 rings (SSSR count). The molecule has 128 valence electrons. The number of rotatable bonds is 4. The Morgan fingerprint density at radius 2 is 1.45 bits per heavy atom. The molecule has 11 heteroatoms. The second-order valence-corrected chi connectivity index (χ2v) is 4.11. The molecule has 0 aromatic rings. The zero-order valence-corrected chi connectivity index (χ0v) is 11.6. The van der Waals surface area contributed by atoms with Gasteiger partial charge in [-0.2, -0.15) is 26.3 Å². The highest BCUT2D eigenvalue weighted by Crippen LogP contribution is 2.48. The molecule has 0 aliphatic rings. The van der Waals surface area contributed by atoms with E-state index >= 15 is 0 Å². The summed E-state index contributed by atoms with van der Waals surface area (Å²) >= 11 is 0. The van der Waals surface area contributed by atoms with Crippen molar-refractivity contribution >= 4 is 11.9 Å². The maximum atomic E-state index is 13.2. The van der Waals surface area contributed by atoms with Gasteiger partial charge in [-0.05, 0) is 20.8 Å². The number of allylic oxidation sites excluding steroid dienone is 1. The number of halogens is 6. The number of hydrogen-bond donors (Lipinski definition) is 2. The maximum Gasteiger partial charge on any atom is 0.425 e. The van der Waals surface area contributed by atoms with Gasteiger partial charge in [0, 0.05) is 0 Å². The second kappa shape index (κ2) is 6.44. The van der Waals surface area contributed by atoms with E-state index in [1.165, 1.54) is 0 Å². The molecule has 22 heavy (non-hydrogen) atoms. The molecule has 2 N–H and O–H groups in total. The molecule has 0 radical (unpaired) electrons. The van der Waals surface area contributed by atoms with E-state index in [0.717, 1.165) is 6.92 Å². The van der Waals surface area contributed by atoms with Crippen molar-refractivity contribution in [3.05, 3.63) is 11.3 Å². The van der Waals surface area contributed by atoms with Crippen molar-refractivity contribution in [1.29, 1.82) is 0 Å². The first-order valence-corrected chi connectivity index (χ1v) is 5.72. The van der Waals surface area contributed by atoms with E-state index in [9.17, 15) is 35.9 Å². The Labute approximate surface area is 120 Å². The first-order chi connectivity index (χ1) is 9.72. The lowest BCUT2D eigenvalue weighted by Crippen LogP contribution is -2.69. The Balaban J connectivity index is 6.56. The predicted molar refractivity (Wildman–Crippen MR) is 61.0 cm³/mol. The summed E-state index contributed by atoms with van der Waals surface area (Å²) in [5.41, 5.74) is -7.13. The van der Waals surface area contributed by atoms with Crippen molar-refractivity contribution in [3.8, 4) is 0 Å². The average molecular weight is 337 g/mol. The number of aliphatic hydroxyl groups excluding tert-OH is 1. The van der Waals surface area contributed by atoms with Gasteiger partial charge in [0.05, 0.1) is 17.9 Å². The Morgan fingerprint density at radius 1 is 1.05 bits per heavy atom. The second-order valence-electron chi connectivity index (χ2n) is 4.11. The van der Waals surface area contributed by atoms with Crippen LogP contribution in [0.4, 0.5) is 31.1 Å². The molecule has 0 saturated carbocycles. The van der Waals surface area contributed by atoms with E-state index in [1.54, 1.807) is 0 Å². The lowest BCUT2D eigenvalue weighted by atomic mass is 9.84. The highest BCUT2D eigenvalue weighted by Gasteiger charge is 2.75. The van der Waals surface area contributed by atoms with Crippen LogP contribution in [0.2, 0.25) is 0 Å². The van der Waals surface area contributed by atoms with Crippen molar-refractivity contribution < 1.29 is 45.8 Å². The molecule has 0 saturated heterocycles. The minimum Gasteiger partial charge on any atom is -0.512 e. The molecule has 0 aromatic carbocycles. The fourth-order valence-corrected chi connectivity index (χ4v) is 1.76. The van der Waals surface area contributed by atoms with Crippen LogP contribution in [0.15, 0.2) is 11.3 Å². The number of alkyl halides is 6. The molecule has 0 aliphatic carbocycles. The Hall–Kier alpha value is -1.94. The molecular weight excluding hydrogens is 324 g/mol. The van der Waals surface area contributed by atoms with Gasteiger partial charge in [-0.25, -0.2) is 4.79 Å². The van der Waals surface area contributed by atoms with Crippen LogP contribution in [0.1, 0.15) is 20.8 Å². The van der Waals surface area contributed by atoms with Crippen molar-refractivity contribution in [1.82, 2.24) is 5.32 Å². The van der Waals surface area contributed by atoms with Crippen molar-refractivity contribution in [2.45, 2.75) is 38.7 Å². The van der Waals surface area contributed by atoms with Gasteiger partial charge >= 0.3 is 18.4 Å². The number of hydrogen-bond acceptors (Lipinski definition) is 4. The van der Waals surface area contributed by atoms with Crippen LogP contribution in [-0.2, 0) is 9.53 Å². The van der Waals surface area contributed by atoms with Gasteiger partial charge in [0.2, 0.25) is 0 Å². The molecule has 0 spiro atoms. The zero-order valence-electron chi connectivity index (χ0n) is 11.6. The molecule has 5 nitrogen and oxygen atoms in total. The number of aliphatic hydroxyl groups is 1. The third-order valence-electron chi connectivity index (χ3n) is 2.50. The first-order valence-electron chi connectivity index (χ1n) is 5.72. The van der Waals surface area contributed by atoms with Gasteiger partial charge in [0.1, 0.15) is 0 Å². The normalized spacial score (nSPS) is 14.2. The largest absolute Gasteiger partial charge is 0.512 e. The zero-order chi connectivity index (χ0) is 17.9. The summed E-state index contributed by atoms with van der Waals surface area (Å²) in [6, 6.07) is 0. The molecular formula is C11H13F6NO4. The standard InChI is InChI=1S/C11H13F6NO4/c1-4-22-8(21)18-9(10(12,13)14,11(15,16)17)7(5(2)19)6(3)20/h19H,4H2,1-3H3,(H,18,21)/b7-5-. The molecule has 0 unspecified atom stereocenters. The van der Waals surface area contributed by atoms with Crippen LogP contribution in [0.5, 0.6) is 0 Å². The van der Waals surface area contributed by atoms with Gasteiger partial charge in [-0.3, -0.25) is 10.1 Å². The number of Topliss-reactive ketones (excluding diaryl/α,β-unsaturated/α-hetero) is 1. The lowest BCUT2D eigenvalue weighted by molar-refractivity contribution is -0.291. The summed E-state index contributed by atoms with van der Waals surface area (Å²) in [6.45, 7) is 1.51. The number of amides is 1. The molecule has 0 atom stereocenters. The third kappa shape index (κ3) is 3.63. The Bertz CT molecular complexity index is 462. The van der Waals surface area contributed by atoms with Crippen molar-refractivity contribution in [2.24, 2.45) is 0 Å². The topological polar surface area (TPSA) is 75.6 Å². The Kier molecular flexibility index (Phi) is 5.88. The highest BCUT2D eigenvalue weighted by atomic mass is 19.4. The van der Waals surface area contributed by atoms with Gasteiger partial charge < -0.3 is 9.84 Å². The first kappa shape index (κ1) is 20.1. The van der Waals surface area contributed by atoms with Gasteiger partial charge in [0.15, 0.2) is 5.78 Å². The summed E-state index contributed by atoms with van der Waals surface area (Å²) in [5, 5.41) is 9.78. The minimum absolute atomic E-state index is 0.397. The summed E-state index contributed by atoms with van der Waals surface area (Å²) in [6.07, 6.45) is -14.4. The van der Waals surface area contributed by atoms with E-state index in [4.69, 9.17) is 5.11 Å². The van der Waals surface area contributed by atoms with E-state index in [1.807, 2.05) is 0 Å². The average Bonchev–Trinajstić information content (AvgIpc) is 2.23. The van der Waals surface area contributed by atoms with Gasteiger partial charge in [0.25, 0.3) is 5.54 Å². The number of ether oxygens (including phenoxy) is 1. The Morgan fingerprint density at radius 3 is 1.68 bits per heavy atom. The SMILES string of the molecule is CCOC(=O)NC(/C(C(C)=O)=C(/C)O)(C(F)(F)F)C(F)(F)F. The van der Waals surface area contributed by atoms with E-state index in [2.05, 4.69) is 4.74 Å². The summed E-state index contributed by atoms with van der Waals surface area (Å²) in [7, 11) is 0. The van der Waals surface area contributed by atoms with Crippen LogP contribution in [0.3, 0.4) is 0 Å². The number of ketones is 1. The molecule has 0 aliphatic heterocycles. The summed E-state index contributed by atoms with van der Waals surface area (Å²) < 4.78 is 83.0. The quantitative estimate of drug-likeness (QED) is 0.470. The van der Waals surface area contributed by atoms with Gasteiger partial charge in [-0.1, -0.05) is 0 Å². The summed E-state index contributed by atoms with van der Waals surface area (Å²) in [5.74, 6) is -3.25. The van der Waals surface area contributed by atoms with Crippen molar-refractivity contribution in [2.75, 3.05) is 6.61 Å². The van der Waals surface area contributed by atoms with Crippen LogP contribution in [0, 0.1) is 0 Å². The van der Waals surface area contributed by atoms with Crippen LogP contribution >= 0.6 is 0 Å². The molecule has 0 heterocycles. The van der Waals surface area contributed by atoms with Crippen LogP contribution < -0.4 is 5.32 Å². The van der Waals surface area contributed by atoms with E-state index in [0.29, 0.717) is 19.2 Å². The van der Waals surface area contributed by atoms with Crippen LogP contribution in [0.25, 0.3) is 0 Å². The number of carbonyl (C=O) groups is 2. The number of alkyl carbamates (subject to hydrolysis) is 1. The predicted octanol–water partition coefficient (Wildman–Crippen LogP) is 3.02. The highest BCUT2D eigenvalue weighted by molar-refractivity contribution is 5.97. The monoisotopic (exact) mass is 337 g/mol. The number of carbonyl (C=O) groups excluding carboxylic acids is 2. The summed E-state index contributed by atoms with van der Waals surface area (Å²) in [4.78, 5) is 22.4. The number of nitrogens with one attached hydrogen (secondary N) is 1. The minimum atomic E-state index is -6.16. The van der Waals surface area contributed by atoms with Gasteiger partial charge in [-0.15, -0.1) is 0 Å². The third-order valence-corrected chi connectivity index (χ3v) is 2.50. The maximum absolute atomic E-state index is 13.2. The van der Waals surface area contributed by atoms with E-state index in [-0.39, 0.29) is 0 Å². The molecule has 0 fully saturated rings. The van der Waals surface area contributed by atoms with E-state index < -0.39 is 47.7 Å². The lowest BCUT2D eigenvalue weighted by Gasteiger charge is -2.38. The molecule has 0 aromatic heterocycles. The molecule has 0 bridgehead atoms. The fraction of sp³-hybridized carbons (Fsp3) is 0.636. The molecule has 1 amide bonds. The fourth-order valence-electron chi connectivity index (χ4n) is 1.76.